The van der Waals surface area contributed by atoms with Gasteiger partial charge < -0.3 is 40.4 Å². The van der Waals surface area contributed by atoms with Crippen molar-refractivity contribution < 1.29 is 29.3 Å². The molecule has 3 heterocycles. The van der Waals surface area contributed by atoms with E-state index in [-0.39, 0.29) is 41.7 Å². The van der Waals surface area contributed by atoms with Crippen molar-refractivity contribution in [2.45, 2.75) is 50.9 Å². The number of carbonyl (C=O) groups excluding carboxylic acids is 3. The molecule has 2 aliphatic rings. The van der Waals surface area contributed by atoms with Gasteiger partial charge in [-0.3, -0.25) is 19.7 Å². The lowest BCUT2D eigenvalue weighted by molar-refractivity contribution is -0.134. The van der Waals surface area contributed by atoms with Crippen LogP contribution in [0.25, 0.3) is 22.0 Å². The molecule has 2 aliphatic heterocycles. The zero-order valence-electron chi connectivity index (χ0n) is 32.4. The molecule has 2 fully saturated rings. The molecule has 302 valence electrons. The molecule has 0 aliphatic carbocycles. The second kappa shape index (κ2) is 18.9. The lowest BCUT2D eigenvalue weighted by Gasteiger charge is -2.34. The monoisotopic (exact) mass is 786 g/mol. The maximum absolute atomic E-state index is 13.1. The molecule has 13 nitrogen and oxygen atoms in total. The number of hydrogen-bond acceptors (Lipinski definition) is 9. The SMILES string of the molecule is O=C(Nc1ccccc1-c1ccccc1)OC1CCN(CCC(=O)N2CCC(C(=O)Nc3ccc(CNC[C@H](O)c4ccc(O)c5[nH]c(=O)ccc45)cc3)CC2)CC1. The molecule has 1 aromatic heterocycles. The van der Waals surface area contributed by atoms with E-state index in [1.165, 1.54) is 12.1 Å². The van der Waals surface area contributed by atoms with Gasteiger partial charge in [-0.2, -0.15) is 0 Å². The number of nitrogens with one attached hydrogen (secondary N) is 4. The topological polar surface area (TPSA) is 176 Å². The standard InChI is InChI=1S/C45H50N6O7/c52-39-16-14-36(37-15-17-41(54)49-43(37)39)40(53)29-46-28-30-10-12-33(13-11-30)47-44(56)32-18-26-51(27-19-32)42(55)22-25-50-23-20-34(21-24-50)58-45(57)48-38-9-5-4-8-35(38)31-6-2-1-3-7-31/h1-17,32,34,40,46,52-53H,18-29H2,(H,47,56)(H,48,57)(H,49,54)/t40-/m0/s1. The number of phenols is 1. The number of pyridine rings is 1. The van der Waals surface area contributed by atoms with E-state index in [4.69, 9.17) is 4.74 Å². The number of amides is 3. The smallest absolute Gasteiger partial charge is 0.411 e. The number of aliphatic hydroxyl groups excluding tert-OH is 1. The van der Waals surface area contributed by atoms with Crippen LogP contribution in [0.15, 0.2) is 108 Å². The molecule has 6 N–H and O–H groups in total. The Kier molecular flexibility index (Phi) is 13.1. The Hall–Kier alpha value is -6.02. The highest BCUT2D eigenvalue weighted by Crippen LogP contribution is 2.30. The zero-order chi connectivity index (χ0) is 40.4. The molecule has 0 spiro atoms. The molecule has 1 atom stereocenters. The first-order valence-corrected chi connectivity index (χ1v) is 20.0. The third-order valence-corrected chi connectivity index (χ3v) is 11.1. The van der Waals surface area contributed by atoms with Crippen molar-refractivity contribution in [3.63, 3.8) is 0 Å². The number of piperidine rings is 2. The minimum Gasteiger partial charge on any atom is -0.506 e. The van der Waals surface area contributed by atoms with Crippen LogP contribution in [-0.2, 0) is 20.9 Å². The summed E-state index contributed by atoms with van der Waals surface area (Å²) in [6, 6.07) is 31.1. The predicted octanol–water partition coefficient (Wildman–Crippen LogP) is 6.00. The van der Waals surface area contributed by atoms with Gasteiger partial charge in [0.2, 0.25) is 17.4 Å². The lowest BCUT2D eigenvalue weighted by atomic mass is 9.95. The van der Waals surface area contributed by atoms with Gasteiger partial charge in [-0.05, 0) is 72.7 Å². The fourth-order valence-electron chi connectivity index (χ4n) is 7.77. The number of aromatic amines is 1. The molecule has 13 heteroatoms. The van der Waals surface area contributed by atoms with Gasteiger partial charge in [-0.1, -0.05) is 66.7 Å². The third kappa shape index (κ3) is 10.3. The Morgan fingerprint density at radius 1 is 0.810 bits per heavy atom. The molecule has 0 saturated carbocycles. The van der Waals surface area contributed by atoms with Gasteiger partial charge in [0.1, 0.15) is 11.9 Å². The minimum absolute atomic E-state index is 0.0530. The maximum atomic E-state index is 13.1. The van der Waals surface area contributed by atoms with Crippen molar-refractivity contribution in [1.82, 2.24) is 20.1 Å². The normalized spacial score (nSPS) is 15.8. The molecular formula is C45H50N6O7. The van der Waals surface area contributed by atoms with Crippen molar-refractivity contribution >= 4 is 40.2 Å². The number of aliphatic hydroxyl groups is 1. The van der Waals surface area contributed by atoms with E-state index in [9.17, 15) is 29.4 Å². The number of fused-ring (bicyclic) bond motifs is 1. The van der Waals surface area contributed by atoms with Crippen molar-refractivity contribution in [3.8, 4) is 16.9 Å². The van der Waals surface area contributed by atoms with E-state index in [1.54, 1.807) is 12.1 Å². The van der Waals surface area contributed by atoms with Gasteiger partial charge in [0.15, 0.2) is 0 Å². The van der Waals surface area contributed by atoms with Gasteiger partial charge in [0.05, 0.1) is 17.3 Å². The van der Waals surface area contributed by atoms with Gasteiger partial charge in [0.25, 0.3) is 0 Å². The average Bonchev–Trinajstić information content (AvgIpc) is 3.24. The summed E-state index contributed by atoms with van der Waals surface area (Å²) in [5.41, 5.74) is 4.86. The number of aromatic hydroxyl groups is 1. The van der Waals surface area contributed by atoms with Crippen LogP contribution in [0.5, 0.6) is 5.75 Å². The van der Waals surface area contributed by atoms with Gasteiger partial charge >= 0.3 is 6.09 Å². The second-order valence-corrected chi connectivity index (χ2v) is 15.0. The van der Waals surface area contributed by atoms with E-state index in [0.29, 0.717) is 86.1 Å². The molecule has 58 heavy (non-hydrogen) atoms. The Morgan fingerprint density at radius 3 is 2.29 bits per heavy atom. The maximum Gasteiger partial charge on any atom is 0.411 e. The van der Waals surface area contributed by atoms with Crippen LogP contribution >= 0.6 is 0 Å². The van der Waals surface area contributed by atoms with E-state index in [0.717, 1.165) is 29.8 Å². The highest BCUT2D eigenvalue weighted by Gasteiger charge is 2.29. The number of para-hydroxylation sites is 1. The number of nitrogens with zero attached hydrogens (tertiary/aromatic N) is 2. The first-order chi connectivity index (χ1) is 28.2. The van der Waals surface area contributed by atoms with Crippen LogP contribution < -0.4 is 21.5 Å². The number of hydrogen-bond donors (Lipinski definition) is 6. The number of ether oxygens (including phenoxy) is 1. The van der Waals surface area contributed by atoms with Crippen LogP contribution in [0.1, 0.15) is 49.3 Å². The molecular weight excluding hydrogens is 737 g/mol. The molecule has 0 unspecified atom stereocenters. The summed E-state index contributed by atoms with van der Waals surface area (Å²) in [7, 11) is 0. The van der Waals surface area contributed by atoms with Crippen LogP contribution in [0.3, 0.4) is 0 Å². The predicted molar refractivity (Wildman–Crippen MR) is 223 cm³/mol. The third-order valence-electron chi connectivity index (χ3n) is 11.1. The van der Waals surface area contributed by atoms with Gasteiger partial charge in [0, 0.05) is 80.9 Å². The molecule has 3 amide bonds. The Balaban J connectivity index is 0.773. The first kappa shape index (κ1) is 40.2. The van der Waals surface area contributed by atoms with Crippen molar-refractivity contribution in [2.75, 3.05) is 49.9 Å². The molecule has 7 rings (SSSR count). The quantitative estimate of drug-likeness (QED) is 0.0836. The summed E-state index contributed by atoms with van der Waals surface area (Å²) >= 11 is 0. The fourth-order valence-corrected chi connectivity index (χ4v) is 7.77. The number of carbonyl (C=O) groups is 3. The minimum atomic E-state index is -0.865. The summed E-state index contributed by atoms with van der Waals surface area (Å²) in [6.45, 7) is 3.97. The van der Waals surface area contributed by atoms with E-state index in [1.807, 2.05) is 83.8 Å². The Morgan fingerprint density at radius 2 is 1.53 bits per heavy atom. The first-order valence-electron chi connectivity index (χ1n) is 20.0. The summed E-state index contributed by atoms with van der Waals surface area (Å²) in [6.07, 6.45) is 1.52. The molecule has 0 bridgehead atoms. The van der Waals surface area contributed by atoms with Gasteiger partial charge in [-0.25, -0.2) is 4.79 Å². The van der Waals surface area contributed by atoms with Crippen molar-refractivity contribution in [2.24, 2.45) is 5.92 Å². The zero-order valence-corrected chi connectivity index (χ0v) is 32.4. The molecule has 0 radical (unpaired) electrons. The van der Waals surface area contributed by atoms with Crippen LogP contribution in [-0.4, -0.2) is 88.3 Å². The summed E-state index contributed by atoms with van der Waals surface area (Å²) < 4.78 is 5.77. The second-order valence-electron chi connectivity index (χ2n) is 15.0. The number of anilines is 2. The highest BCUT2D eigenvalue weighted by molar-refractivity contribution is 5.93. The molecule has 2 saturated heterocycles. The Labute approximate surface area is 337 Å². The number of phenolic OH excluding ortho intramolecular Hbond substituents is 1. The number of rotatable bonds is 13. The largest absolute Gasteiger partial charge is 0.506 e. The molecule has 5 aromatic rings. The van der Waals surface area contributed by atoms with Crippen LogP contribution in [0, 0.1) is 5.92 Å². The van der Waals surface area contributed by atoms with Gasteiger partial charge in [-0.15, -0.1) is 0 Å². The summed E-state index contributed by atoms with van der Waals surface area (Å²) in [4.78, 5) is 57.4. The number of benzene rings is 4. The van der Waals surface area contributed by atoms with Crippen molar-refractivity contribution in [1.29, 1.82) is 0 Å². The van der Waals surface area contributed by atoms with Crippen LogP contribution in [0.4, 0.5) is 16.2 Å². The Bertz CT molecular complexity index is 2250. The van der Waals surface area contributed by atoms with E-state index in [2.05, 4.69) is 25.8 Å². The number of aromatic nitrogens is 1. The fraction of sp³-hybridized carbons (Fsp3) is 0.333. The number of H-pyrrole nitrogens is 1. The summed E-state index contributed by atoms with van der Waals surface area (Å²) in [5.74, 6) is -0.191. The molecule has 4 aromatic carbocycles. The average molecular weight is 787 g/mol. The highest BCUT2D eigenvalue weighted by atomic mass is 16.6. The summed E-state index contributed by atoms with van der Waals surface area (Å²) in [5, 5.41) is 30.7. The van der Waals surface area contributed by atoms with Crippen molar-refractivity contribution in [3.05, 3.63) is 125 Å². The van der Waals surface area contributed by atoms with E-state index < -0.39 is 12.2 Å². The lowest BCUT2D eigenvalue weighted by Crippen LogP contribution is -2.43. The number of likely N-dealkylation sites (tertiary alicyclic amines) is 2. The van der Waals surface area contributed by atoms with E-state index >= 15 is 0 Å². The van der Waals surface area contributed by atoms with Crippen LogP contribution in [0.2, 0.25) is 0 Å².